The summed E-state index contributed by atoms with van der Waals surface area (Å²) >= 11 is 0. The molecule has 3 aromatic rings. The fourth-order valence-corrected chi connectivity index (χ4v) is 5.37. The number of amides is 4. The molecular formula is C38H51N5O7. The molecule has 12 heteroatoms. The van der Waals surface area contributed by atoms with Gasteiger partial charge in [0.25, 0.3) is 5.91 Å². The number of benzene rings is 3. The highest BCUT2D eigenvalue weighted by atomic mass is 16.5. The number of carbonyl (C=O) groups is 4. The van der Waals surface area contributed by atoms with Crippen molar-refractivity contribution in [3.63, 3.8) is 0 Å². The van der Waals surface area contributed by atoms with E-state index in [9.17, 15) is 24.3 Å². The van der Waals surface area contributed by atoms with Crippen LogP contribution in [-0.2, 0) is 32.0 Å². The molecule has 50 heavy (non-hydrogen) atoms. The van der Waals surface area contributed by atoms with Crippen LogP contribution in [0.2, 0.25) is 0 Å². The molecule has 0 aromatic heterocycles. The van der Waals surface area contributed by atoms with Gasteiger partial charge in [0.2, 0.25) is 5.91 Å². The predicted octanol–water partition coefficient (Wildman–Crippen LogP) is 4.43. The van der Waals surface area contributed by atoms with Crippen molar-refractivity contribution in [1.82, 2.24) is 26.4 Å². The van der Waals surface area contributed by atoms with E-state index in [1.165, 1.54) is 14.2 Å². The first-order chi connectivity index (χ1) is 23.7. The van der Waals surface area contributed by atoms with Crippen molar-refractivity contribution in [3.05, 3.63) is 96.1 Å². The Balaban J connectivity index is 1.93. The number of nitrogens with zero attached hydrogens (tertiary/aromatic N) is 1. The van der Waals surface area contributed by atoms with Gasteiger partial charge in [-0.2, -0.15) is 0 Å². The number of alkyl carbamates (subject to hydrolysis) is 2. The number of ether oxygens (including phenoxy) is 2. The molecule has 0 aliphatic carbocycles. The molecule has 0 radical (unpaired) electrons. The lowest BCUT2D eigenvalue weighted by atomic mass is 9.86. The van der Waals surface area contributed by atoms with E-state index in [0.717, 1.165) is 22.3 Å². The summed E-state index contributed by atoms with van der Waals surface area (Å²) in [4.78, 5) is 51.5. The summed E-state index contributed by atoms with van der Waals surface area (Å²) in [6.07, 6.45) is -2.44. The van der Waals surface area contributed by atoms with Crippen molar-refractivity contribution in [2.45, 2.75) is 71.8 Å². The minimum atomic E-state index is -1.20. The minimum absolute atomic E-state index is 0.101. The maximum atomic E-state index is 13.8. The van der Waals surface area contributed by atoms with E-state index in [1.54, 1.807) is 18.9 Å². The molecular weight excluding hydrogens is 638 g/mol. The third-order valence-corrected chi connectivity index (χ3v) is 8.18. The average Bonchev–Trinajstić information content (AvgIpc) is 3.09. The first-order valence-corrected chi connectivity index (χ1v) is 16.6. The van der Waals surface area contributed by atoms with Crippen molar-refractivity contribution in [2.24, 2.45) is 11.3 Å². The molecule has 0 aliphatic heterocycles. The Morgan fingerprint density at radius 3 is 1.80 bits per heavy atom. The average molecular weight is 690 g/mol. The molecule has 3 unspecified atom stereocenters. The molecule has 0 spiro atoms. The molecule has 0 fully saturated rings. The van der Waals surface area contributed by atoms with Gasteiger partial charge in [-0.15, -0.1) is 0 Å². The third kappa shape index (κ3) is 12.2. The van der Waals surface area contributed by atoms with Gasteiger partial charge in [0.1, 0.15) is 12.1 Å². The molecule has 270 valence electrons. The van der Waals surface area contributed by atoms with E-state index in [-0.39, 0.29) is 25.4 Å². The summed E-state index contributed by atoms with van der Waals surface area (Å²) in [5, 5.41) is 21.5. The van der Waals surface area contributed by atoms with Gasteiger partial charge in [0, 0.05) is 13.1 Å². The second kappa shape index (κ2) is 18.7. The van der Waals surface area contributed by atoms with E-state index in [1.807, 2.05) is 106 Å². The lowest BCUT2D eigenvalue weighted by molar-refractivity contribution is -0.132. The zero-order chi connectivity index (χ0) is 36.8. The van der Waals surface area contributed by atoms with E-state index >= 15 is 0 Å². The number of rotatable bonds is 15. The zero-order valence-electron chi connectivity index (χ0n) is 29.9. The molecule has 0 bridgehead atoms. The fraction of sp³-hybridized carbons (Fsp3) is 0.421. The van der Waals surface area contributed by atoms with Gasteiger partial charge in [0.05, 0.1) is 26.4 Å². The summed E-state index contributed by atoms with van der Waals surface area (Å²) in [5.41, 5.74) is 5.99. The highest BCUT2D eigenvalue weighted by molar-refractivity contribution is 5.86. The summed E-state index contributed by atoms with van der Waals surface area (Å²) < 4.78 is 9.49. The van der Waals surface area contributed by atoms with E-state index in [0.29, 0.717) is 0 Å². The van der Waals surface area contributed by atoms with Crippen LogP contribution in [0.15, 0.2) is 84.9 Å². The Bertz CT molecular complexity index is 1530. The fourth-order valence-electron chi connectivity index (χ4n) is 5.37. The van der Waals surface area contributed by atoms with Crippen molar-refractivity contribution in [1.29, 1.82) is 0 Å². The molecule has 4 atom stereocenters. The minimum Gasteiger partial charge on any atom is -0.453 e. The quantitative estimate of drug-likeness (QED) is 0.147. The van der Waals surface area contributed by atoms with Gasteiger partial charge in [-0.3, -0.25) is 15.0 Å². The van der Waals surface area contributed by atoms with Crippen LogP contribution in [0, 0.1) is 11.3 Å². The zero-order valence-corrected chi connectivity index (χ0v) is 29.9. The molecule has 3 rings (SSSR count). The molecule has 0 aliphatic rings. The number of aliphatic hydroxyl groups excluding tert-OH is 1. The SMILES string of the molecule is COC(=O)NC(C(=O)N[C@@H](Cc1ccccc1)C(O)CN(Cc1ccc(-c2ccccc2)cc1)NC(=O)C(NC(=O)OC)C(C)(C)C)C(C)C. The number of hydrazine groups is 1. The predicted molar refractivity (Wildman–Crippen MR) is 191 cm³/mol. The highest BCUT2D eigenvalue weighted by Gasteiger charge is 2.35. The number of methoxy groups -OCH3 is 2. The van der Waals surface area contributed by atoms with Gasteiger partial charge in [-0.05, 0) is 40.0 Å². The Morgan fingerprint density at radius 2 is 1.26 bits per heavy atom. The maximum Gasteiger partial charge on any atom is 0.407 e. The normalized spacial score (nSPS) is 13.8. The number of nitrogens with one attached hydrogen (secondary N) is 4. The van der Waals surface area contributed by atoms with Crippen LogP contribution in [0.4, 0.5) is 9.59 Å². The van der Waals surface area contributed by atoms with Crippen molar-refractivity contribution in [2.75, 3.05) is 20.8 Å². The lowest BCUT2D eigenvalue weighted by Crippen LogP contribution is -2.60. The summed E-state index contributed by atoms with van der Waals surface area (Å²) in [6.45, 7) is 9.11. The molecule has 0 saturated carbocycles. The highest BCUT2D eigenvalue weighted by Crippen LogP contribution is 2.22. The summed E-state index contributed by atoms with van der Waals surface area (Å²) in [5.74, 6) is -1.29. The Hall–Kier alpha value is -4.94. The Kier molecular flexibility index (Phi) is 14.8. The van der Waals surface area contributed by atoms with Crippen LogP contribution in [-0.4, -0.2) is 79.1 Å². The maximum absolute atomic E-state index is 13.8. The monoisotopic (exact) mass is 689 g/mol. The van der Waals surface area contributed by atoms with Gasteiger partial charge < -0.3 is 30.5 Å². The Morgan fingerprint density at radius 1 is 0.720 bits per heavy atom. The number of hydrogen-bond acceptors (Lipinski definition) is 8. The molecule has 0 heterocycles. The molecule has 4 amide bonds. The van der Waals surface area contributed by atoms with Crippen molar-refractivity contribution >= 4 is 24.0 Å². The molecule has 5 N–H and O–H groups in total. The van der Waals surface area contributed by atoms with Crippen LogP contribution < -0.4 is 21.4 Å². The third-order valence-electron chi connectivity index (χ3n) is 8.18. The topological polar surface area (TPSA) is 158 Å². The second-order valence-electron chi connectivity index (χ2n) is 13.6. The summed E-state index contributed by atoms with van der Waals surface area (Å²) in [6, 6.07) is 24.4. The van der Waals surface area contributed by atoms with E-state index < -0.39 is 53.6 Å². The molecule has 12 nitrogen and oxygen atoms in total. The van der Waals surface area contributed by atoms with Crippen LogP contribution in [0.25, 0.3) is 11.1 Å². The van der Waals surface area contributed by atoms with Crippen molar-refractivity contribution in [3.8, 4) is 11.1 Å². The van der Waals surface area contributed by atoms with E-state index in [4.69, 9.17) is 9.47 Å². The number of carbonyl (C=O) groups excluding carboxylic acids is 4. The van der Waals surface area contributed by atoms with Gasteiger partial charge in [-0.25, -0.2) is 14.6 Å². The summed E-state index contributed by atoms with van der Waals surface area (Å²) in [7, 11) is 2.44. The molecule has 3 aromatic carbocycles. The van der Waals surface area contributed by atoms with Gasteiger partial charge in [0.15, 0.2) is 0 Å². The van der Waals surface area contributed by atoms with Crippen LogP contribution >= 0.6 is 0 Å². The van der Waals surface area contributed by atoms with Crippen LogP contribution in [0.5, 0.6) is 0 Å². The second-order valence-corrected chi connectivity index (χ2v) is 13.6. The standard InChI is InChI=1S/C38H51N5O7/c1-25(2)32(40-36(47)49-6)34(45)39-30(22-26-14-10-8-11-15-26)31(44)24-43(42-35(46)33(38(3,4)5)41-37(48)50-7)23-27-18-20-29(21-19-27)28-16-12-9-13-17-28/h8-21,25,30-33,44H,22-24H2,1-7H3,(H,39,45)(H,40,47)(H,41,48)(H,42,46)/t30-,31?,32?,33?/m0/s1. The molecule has 0 saturated heterocycles. The van der Waals surface area contributed by atoms with E-state index in [2.05, 4.69) is 21.4 Å². The van der Waals surface area contributed by atoms with Crippen LogP contribution in [0.3, 0.4) is 0 Å². The number of hydrogen-bond donors (Lipinski definition) is 5. The first kappa shape index (κ1) is 39.5. The largest absolute Gasteiger partial charge is 0.453 e. The van der Waals surface area contributed by atoms with Gasteiger partial charge >= 0.3 is 12.2 Å². The van der Waals surface area contributed by atoms with Crippen LogP contribution in [0.1, 0.15) is 45.7 Å². The lowest BCUT2D eigenvalue weighted by Gasteiger charge is -2.35. The van der Waals surface area contributed by atoms with Gasteiger partial charge in [-0.1, -0.05) is 120 Å². The first-order valence-electron chi connectivity index (χ1n) is 16.6. The Labute approximate surface area is 294 Å². The number of aliphatic hydroxyl groups is 1. The smallest absolute Gasteiger partial charge is 0.407 e. The van der Waals surface area contributed by atoms with Crippen molar-refractivity contribution < 1.29 is 33.8 Å².